The van der Waals surface area contributed by atoms with Crippen molar-refractivity contribution in [1.29, 1.82) is 0 Å². The van der Waals surface area contributed by atoms with Gasteiger partial charge in [-0.05, 0) is 56.2 Å². The van der Waals surface area contributed by atoms with E-state index in [1.165, 1.54) is 11.3 Å². The highest BCUT2D eigenvalue weighted by Gasteiger charge is 2.37. The van der Waals surface area contributed by atoms with Gasteiger partial charge in [0, 0.05) is 17.8 Å². The van der Waals surface area contributed by atoms with Crippen LogP contribution in [-0.4, -0.2) is 39.6 Å². The molecular formula is C28H29N5O5. The van der Waals surface area contributed by atoms with Gasteiger partial charge in [-0.15, -0.1) is 5.10 Å². The van der Waals surface area contributed by atoms with Crippen LogP contribution < -0.4 is 19.7 Å². The van der Waals surface area contributed by atoms with E-state index in [2.05, 4.69) is 15.6 Å². The number of ether oxygens (including phenoxy) is 2. The number of para-hydroxylation sites is 1. The third kappa shape index (κ3) is 4.69. The third-order valence-electron chi connectivity index (χ3n) is 7.10. The molecule has 2 aliphatic rings. The molecule has 1 N–H and O–H groups in total. The molecule has 2 aromatic heterocycles. The first-order valence-electron chi connectivity index (χ1n) is 12.9. The molecular weight excluding hydrogens is 486 g/mol. The molecule has 0 spiro atoms. The summed E-state index contributed by atoms with van der Waals surface area (Å²) in [6, 6.07) is 15.2. The first-order valence-corrected chi connectivity index (χ1v) is 12.9. The number of aryl methyl sites for hydroxylation is 1. The SMILES string of the molecule is Cc1ccc([C@@H](C(=O)NC2CCCCC2)N(C(=O)Cn2nnc3ccccc32)c2ccc3c(c2)OCO3)o1. The van der Waals surface area contributed by atoms with E-state index in [9.17, 15) is 9.59 Å². The average molecular weight is 516 g/mol. The first kappa shape index (κ1) is 24.0. The summed E-state index contributed by atoms with van der Waals surface area (Å²) in [5.74, 6) is 1.48. The lowest BCUT2D eigenvalue weighted by molar-refractivity contribution is -0.128. The second-order valence-electron chi connectivity index (χ2n) is 9.73. The smallest absolute Gasteiger partial charge is 0.251 e. The lowest BCUT2D eigenvalue weighted by Crippen LogP contribution is -2.48. The highest BCUT2D eigenvalue weighted by atomic mass is 16.7. The number of carbonyl (C=O) groups excluding carboxylic acids is 2. The molecule has 1 aliphatic carbocycles. The molecule has 3 heterocycles. The lowest BCUT2D eigenvalue weighted by atomic mass is 9.95. The quantitative estimate of drug-likeness (QED) is 0.391. The molecule has 4 aromatic rings. The van der Waals surface area contributed by atoms with Crippen LogP contribution in [0.25, 0.3) is 11.0 Å². The van der Waals surface area contributed by atoms with Crippen LogP contribution in [-0.2, 0) is 16.1 Å². The zero-order valence-electron chi connectivity index (χ0n) is 21.1. The van der Waals surface area contributed by atoms with Gasteiger partial charge >= 0.3 is 0 Å². The molecule has 2 amide bonds. The Morgan fingerprint density at radius 1 is 1.05 bits per heavy atom. The average Bonchev–Trinajstić information content (AvgIpc) is 3.67. The Balaban J connectivity index is 1.41. The zero-order chi connectivity index (χ0) is 26.1. The van der Waals surface area contributed by atoms with Crippen LogP contribution in [0.1, 0.15) is 49.7 Å². The van der Waals surface area contributed by atoms with Crippen molar-refractivity contribution >= 4 is 28.5 Å². The number of hydrogen-bond acceptors (Lipinski definition) is 7. The molecule has 0 unspecified atom stereocenters. The molecule has 0 bridgehead atoms. The van der Waals surface area contributed by atoms with E-state index in [1.54, 1.807) is 35.0 Å². The minimum atomic E-state index is -1.03. The van der Waals surface area contributed by atoms with E-state index in [0.717, 1.165) is 31.2 Å². The highest BCUT2D eigenvalue weighted by Crippen LogP contribution is 2.38. The molecule has 1 atom stereocenters. The number of carbonyl (C=O) groups is 2. The number of benzene rings is 2. The summed E-state index contributed by atoms with van der Waals surface area (Å²) in [5, 5.41) is 11.6. The van der Waals surface area contributed by atoms with Crippen molar-refractivity contribution < 1.29 is 23.5 Å². The van der Waals surface area contributed by atoms with Crippen molar-refractivity contribution in [3.63, 3.8) is 0 Å². The van der Waals surface area contributed by atoms with Crippen LogP contribution >= 0.6 is 0 Å². The molecule has 10 heteroatoms. The van der Waals surface area contributed by atoms with Crippen molar-refractivity contribution in [3.05, 3.63) is 66.1 Å². The fourth-order valence-corrected chi connectivity index (χ4v) is 5.21. The van der Waals surface area contributed by atoms with Crippen molar-refractivity contribution in [1.82, 2.24) is 20.3 Å². The maximum Gasteiger partial charge on any atom is 0.251 e. The normalized spacial score (nSPS) is 15.9. The lowest BCUT2D eigenvalue weighted by Gasteiger charge is -2.32. The number of nitrogens with one attached hydrogen (secondary N) is 1. The molecule has 1 saturated carbocycles. The van der Waals surface area contributed by atoms with Gasteiger partial charge in [-0.1, -0.05) is 36.6 Å². The summed E-state index contributed by atoms with van der Waals surface area (Å²) in [4.78, 5) is 29.5. The van der Waals surface area contributed by atoms with E-state index in [4.69, 9.17) is 13.9 Å². The van der Waals surface area contributed by atoms with Gasteiger partial charge in [0.1, 0.15) is 23.6 Å². The molecule has 38 heavy (non-hydrogen) atoms. The largest absolute Gasteiger partial charge is 0.464 e. The minimum absolute atomic E-state index is 0.0581. The Morgan fingerprint density at radius 3 is 2.68 bits per heavy atom. The Bertz CT molecular complexity index is 1470. The van der Waals surface area contributed by atoms with Gasteiger partial charge in [0.15, 0.2) is 17.5 Å². The number of hydrogen-bond donors (Lipinski definition) is 1. The topological polar surface area (TPSA) is 112 Å². The summed E-state index contributed by atoms with van der Waals surface area (Å²) in [6.07, 6.45) is 5.14. The van der Waals surface area contributed by atoms with E-state index in [-0.39, 0.29) is 31.2 Å². The Kier molecular flexibility index (Phi) is 6.45. The molecule has 196 valence electrons. The van der Waals surface area contributed by atoms with Crippen LogP contribution in [0.4, 0.5) is 5.69 Å². The zero-order valence-corrected chi connectivity index (χ0v) is 21.1. The molecule has 0 radical (unpaired) electrons. The number of amides is 2. The van der Waals surface area contributed by atoms with Crippen molar-refractivity contribution in [2.75, 3.05) is 11.7 Å². The van der Waals surface area contributed by atoms with Gasteiger partial charge in [-0.3, -0.25) is 14.5 Å². The summed E-state index contributed by atoms with van der Waals surface area (Å²) >= 11 is 0. The predicted molar refractivity (Wildman–Crippen MR) is 139 cm³/mol. The predicted octanol–water partition coefficient (Wildman–Crippen LogP) is 4.28. The van der Waals surface area contributed by atoms with Gasteiger partial charge in [-0.2, -0.15) is 0 Å². The fourth-order valence-electron chi connectivity index (χ4n) is 5.21. The van der Waals surface area contributed by atoms with Crippen molar-refractivity contribution in [3.8, 4) is 11.5 Å². The summed E-state index contributed by atoms with van der Waals surface area (Å²) < 4.78 is 18.6. The number of fused-ring (bicyclic) bond motifs is 2. The van der Waals surface area contributed by atoms with Gasteiger partial charge in [0.05, 0.1) is 5.52 Å². The summed E-state index contributed by atoms with van der Waals surface area (Å²) in [7, 11) is 0. The van der Waals surface area contributed by atoms with Crippen LogP contribution in [0.15, 0.2) is 59.0 Å². The first-order chi connectivity index (χ1) is 18.6. The Morgan fingerprint density at radius 2 is 1.87 bits per heavy atom. The Hall–Kier alpha value is -4.34. The Labute approximate surface area is 219 Å². The van der Waals surface area contributed by atoms with E-state index < -0.39 is 6.04 Å². The number of rotatable bonds is 7. The van der Waals surface area contributed by atoms with Gasteiger partial charge in [0.25, 0.3) is 5.91 Å². The van der Waals surface area contributed by atoms with E-state index in [1.807, 2.05) is 31.2 Å². The van der Waals surface area contributed by atoms with Crippen LogP contribution in [0.2, 0.25) is 0 Å². The number of anilines is 1. The van der Waals surface area contributed by atoms with Crippen LogP contribution in [0, 0.1) is 6.92 Å². The maximum atomic E-state index is 14.1. The monoisotopic (exact) mass is 515 g/mol. The fraction of sp³-hybridized carbons (Fsp3) is 0.357. The molecule has 0 saturated heterocycles. The molecule has 2 aromatic carbocycles. The van der Waals surface area contributed by atoms with E-state index in [0.29, 0.717) is 34.2 Å². The number of furan rings is 1. The van der Waals surface area contributed by atoms with Gasteiger partial charge in [0.2, 0.25) is 12.7 Å². The van der Waals surface area contributed by atoms with Crippen molar-refractivity contribution in [2.24, 2.45) is 0 Å². The van der Waals surface area contributed by atoms with Gasteiger partial charge in [-0.25, -0.2) is 4.68 Å². The van der Waals surface area contributed by atoms with Crippen LogP contribution in [0.5, 0.6) is 11.5 Å². The molecule has 10 nitrogen and oxygen atoms in total. The standard InChI is InChI=1S/C28H29N5O5/c1-18-11-13-24(38-18)27(28(35)29-19-7-3-2-4-8-19)33(20-12-14-23-25(15-20)37-17-36-23)26(34)16-32-22-10-6-5-9-21(22)30-31-32/h5-6,9-15,19,27H,2-4,7-8,16-17H2,1H3,(H,29,35)/t27-/m0/s1. The molecule has 6 rings (SSSR count). The third-order valence-corrected chi connectivity index (χ3v) is 7.10. The summed E-state index contributed by atoms with van der Waals surface area (Å²) in [6.45, 7) is 1.79. The number of nitrogens with zero attached hydrogens (tertiary/aromatic N) is 4. The molecule has 1 fully saturated rings. The maximum absolute atomic E-state index is 14.1. The summed E-state index contributed by atoms with van der Waals surface area (Å²) in [5.41, 5.74) is 1.90. The highest BCUT2D eigenvalue weighted by molar-refractivity contribution is 6.01. The van der Waals surface area contributed by atoms with Gasteiger partial charge < -0.3 is 19.2 Å². The second kappa shape index (κ2) is 10.2. The van der Waals surface area contributed by atoms with Crippen molar-refractivity contribution in [2.45, 2.75) is 57.7 Å². The second-order valence-corrected chi connectivity index (χ2v) is 9.73. The van der Waals surface area contributed by atoms with E-state index >= 15 is 0 Å². The molecule has 1 aliphatic heterocycles. The van der Waals surface area contributed by atoms with Crippen LogP contribution in [0.3, 0.4) is 0 Å². The number of aromatic nitrogens is 3. The minimum Gasteiger partial charge on any atom is -0.464 e.